The van der Waals surface area contributed by atoms with E-state index in [2.05, 4.69) is 4.72 Å². The van der Waals surface area contributed by atoms with Crippen LogP contribution >= 0.6 is 0 Å². The van der Waals surface area contributed by atoms with Gasteiger partial charge in [-0.25, -0.2) is 21.9 Å². The summed E-state index contributed by atoms with van der Waals surface area (Å²) in [5.74, 6) is -2.22. The molecule has 8 heteroatoms. The molecule has 0 aromatic heterocycles. The number of nitrogens with one attached hydrogen (secondary N) is 1. The number of benzene rings is 1. The maximum Gasteiger partial charge on any atom is 0.244 e. The molecular formula is C13H18F2N2O3S. The second kappa shape index (κ2) is 5.86. The van der Waals surface area contributed by atoms with Gasteiger partial charge in [0, 0.05) is 6.07 Å². The first-order chi connectivity index (χ1) is 9.80. The SMILES string of the molecule is Nc1cc(S(=O)(=O)NC2(CO)CCCCC2)c(F)cc1F. The van der Waals surface area contributed by atoms with Gasteiger partial charge in [0.25, 0.3) is 0 Å². The Hall–Kier alpha value is -1.25. The fraction of sp³-hybridized carbons (Fsp3) is 0.538. The van der Waals surface area contributed by atoms with E-state index in [-0.39, 0.29) is 6.61 Å². The van der Waals surface area contributed by atoms with Crippen LogP contribution in [0.15, 0.2) is 17.0 Å². The zero-order valence-electron chi connectivity index (χ0n) is 11.4. The predicted octanol–water partition coefficient (Wildman–Crippen LogP) is 1.52. The van der Waals surface area contributed by atoms with Gasteiger partial charge in [0.2, 0.25) is 10.0 Å². The zero-order chi connectivity index (χ0) is 15.7. The first-order valence-corrected chi connectivity index (χ1v) is 8.17. The lowest BCUT2D eigenvalue weighted by Crippen LogP contribution is -2.52. The molecule has 5 nitrogen and oxygen atoms in total. The Morgan fingerprint density at radius 2 is 1.81 bits per heavy atom. The third-order valence-corrected chi connectivity index (χ3v) is 5.40. The molecule has 118 valence electrons. The average molecular weight is 320 g/mol. The fourth-order valence-corrected chi connectivity index (χ4v) is 4.16. The van der Waals surface area contributed by atoms with Crippen LogP contribution in [0.2, 0.25) is 0 Å². The van der Waals surface area contributed by atoms with Crippen molar-refractivity contribution in [3.63, 3.8) is 0 Å². The molecule has 1 aromatic rings. The topological polar surface area (TPSA) is 92.4 Å². The fourth-order valence-electron chi connectivity index (χ4n) is 2.61. The molecule has 0 heterocycles. The van der Waals surface area contributed by atoms with Gasteiger partial charge in [0.1, 0.15) is 16.5 Å². The maximum absolute atomic E-state index is 13.7. The van der Waals surface area contributed by atoms with Gasteiger partial charge in [-0.3, -0.25) is 0 Å². The lowest BCUT2D eigenvalue weighted by atomic mass is 9.83. The van der Waals surface area contributed by atoms with Gasteiger partial charge in [0.05, 0.1) is 17.8 Å². The summed E-state index contributed by atoms with van der Waals surface area (Å²) in [6.07, 6.45) is 3.46. The number of hydrogen-bond donors (Lipinski definition) is 3. The molecule has 1 aliphatic carbocycles. The summed E-state index contributed by atoms with van der Waals surface area (Å²) in [4.78, 5) is -0.709. The van der Waals surface area contributed by atoms with Crippen molar-refractivity contribution < 1.29 is 22.3 Å². The summed E-state index contributed by atoms with van der Waals surface area (Å²) in [5, 5.41) is 9.51. The Labute approximate surface area is 122 Å². The Morgan fingerprint density at radius 1 is 1.19 bits per heavy atom. The molecule has 0 spiro atoms. The van der Waals surface area contributed by atoms with Crippen molar-refractivity contribution in [2.45, 2.75) is 42.5 Å². The van der Waals surface area contributed by atoms with E-state index in [0.29, 0.717) is 18.9 Å². The van der Waals surface area contributed by atoms with E-state index in [1.165, 1.54) is 0 Å². The van der Waals surface area contributed by atoms with E-state index in [9.17, 15) is 22.3 Å². The monoisotopic (exact) mass is 320 g/mol. The molecular weight excluding hydrogens is 302 g/mol. The summed E-state index contributed by atoms with van der Waals surface area (Å²) in [6, 6.07) is 1.19. The number of hydrogen-bond acceptors (Lipinski definition) is 4. The molecule has 1 aromatic carbocycles. The van der Waals surface area contributed by atoms with E-state index in [4.69, 9.17) is 5.73 Å². The van der Waals surface area contributed by atoms with Crippen LogP contribution in [0.3, 0.4) is 0 Å². The highest BCUT2D eigenvalue weighted by atomic mass is 32.2. The molecule has 0 atom stereocenters. The number of aliphatic hydroxyl groups excluding tert-OH is 1. The minimum absolute atomic E-state index is 0.371. The van der Waals surface area contributed by atoms with E-state index in [1.807, 2.05) is 0 Å². The van der Waals surface area contributed by atoms with Crippen molar-refractivity contribution in [2.24, 2.45) is 0 Å². The standard InChI is InChI=1S/C13H18F2N2O3S/c14-9-6-10(15)12(7-11(9)16)21(19,20)17-13(8-18)4-2-1-3-5-13/h6-7,17-18H,1-5,8,16H2. The largest absolute Gasteiger partial charge is 0.396 e. The average Bonchev–Trinajstić information content (AvgIpc) is 2.43. The third kappa shape index (κ3) is 3.33. The van der Waals surface area contributed by atoms with Gasteiger partial charge < -0.3 is 10.8 Å². The molecule has 21 heavy (non-hydrogen) atoms. The molecule has 0 aliphatic heterocycles. The lowest BCUT2D eigenvalue weighted by molar-refractivity contribution is 0.142. The van der Waals surface area contributed by atoms with E-state index >= 15 is 0 Å². The number of sulfonamides is 1. The van der Waals surface area contributed by atoms with Gasteiger partial charge in [-0.2, -0.15) is 0 Å². The Balaban J connectivity index is 2.36. The second-order valence-corrected chi connectivity index (χ2v) is 7.06. The van der Waals surface area contributed by atoms with Gasteiger partial charge in [-0.05, 0) is 18.9 Å². The van der Waals surface area contributed by atoms with Gasteiger partial charge in [0.15, 0.2) is 0 Å². The molecule has 4 N–H and O–H groups in total. The molecule has 0 radical (unpaired) electrons. The number of halogens is 2. The summed E-state index contributed by atoms with van der Waals surface area (Å²) in [7, 11) is -4.23. The predicted molar refractivity (Wildman–Crippen MR) is 74.0 cm³/mol. The Morgan fingerprint density at radius 3 is 2.38 bits per heavy atom. The van der Waals surface area contributed by atoms with Crippen molar-refractivity contribution in [1.82, 2.24) is 4.72 Å². The van der Waals surface area contributed by atoms with Crippen molar-refractivity contribution in [1.29, 1.82) is 0 Å². The van der Waals surface area contributed by atoms with E-state index < -0.39 is 37.8 Å². The molecule has 2 rings (SSSR count). The third-order valence-electron chi connectivity index (χ3n) is 3.80. The van der Waals surface area contributed by atoms with E-state index in [1.54, 1.807) is 0 Å². The van der Waals surface area contributed by atoms with Crippen molar-refractivity contribution in [2.75, 3.05) is 12.3 Å². The molecule has 0 bridgehead atoms. The Bertz CT molecular complexity index is 629. The number of aliphatic hydroxyl groups is 1. The van der Waals surface area contributed by atoms with Crippen molar-refractivity contribution >= 4 is 15.7 Å². The second-order valence-electron chi connectivity index (χ2n) is 5.41. The smallest absolute Gasteiger partial charge is 0.244 e. The minimum atomic E-state index is -4.23. The van der Waals surface area contributed by atoms with Crippen LogP contribution in [0.25, 0.3) is 0 Å². The highest BCUT2D eigenvalue weighted by Gasteiger charge is 2.37. The van der Waals surface area contributed by atoms with Crippen LogP contribution in [-0.2, 0) is 10.0 Å². The first-order valence-electron chi connectivity index (χ1n) is 6.69. The Kier molecular flexibility index (Phi) is 4.50. The van der Waals surface area contributed by atoms with Crippen LogP contribution in [0.5, 0.6) is 0 Å². The van der Waals surface area contributed by atoms with Gasteiger partial charge in [-0.15, -0.1) is 0 Å². The van der Waals surface area contributed by atoms with Crippen LogP contribution in [0.1, 0.15) is 32.1 Å². The molecule has 1 aliphatic rings. The molecule has 1 saturated carbocycles. The number of nitrogens with two attached hydrogens (primary N) is 1. The number of nitrogen functional groups attached to an aromatic ring is 1. The molecule has 0 amide bonds. The normalized spacial score (nSPS) is 18.6. The van der Waals surface area contributed by atoms with Crippen LogP contribution in [0, 0.1) is 11.6 Å². The number of anilines is 1. The highest BCUT2D eigenvalue weighted by Crippen LogP contribution is 2.30. The van der Waals surface area contributed by atoms with E-state index in [0.717, 1.165) is 25.3 Å². The van der Waals surface area contributed by atoms with Crippen molar-refractivity contribution in [3.8, 4) is 0 Å². The quantitative estimate of drug-likeness (QED) is 0.733. The van der Waals surface area contributed by atoms with Gasteiger partial charge >= 0.3 is 0 Å². The van der Waals surface area contributed by atoms with Crippen molar-refractivity contribution in [3.05, 3.63) is 23.8 Å². The summed E-state index contributed by atoms with van der Waals surface area (Å²) < 4.78 is 53.8. The highest BCUT2D eigenvalue weighted by molar-refractivity contribution is 7.89. The zero-order valence-corrected chi connectivity index (χ0v) is 12.2. The molecule has 1 fully saturated rings. The molecule has 0 saturated heterocycles. The van der Waals surface area contributed by atoms with Crippen LogP contribution in [-0.4, -0.2) is 25.7 Å². The van der Waals surface area contributed by atoms with Crippen LogP contribution in [0.4, 0.5) is 14.5 Å². The number of rotatable bonds is 4. The maximum atomic E-state index is 13.7. The first kappa shape index (κ1) is 16.1. The summed E-state index contributed by atoms with van der Waals surface area (Å²) in [5.41, 5.74) is 3.86. The molecule has 0 unspecified atom stereocenters. The van der Waals surface area contributed by atoms with Crippen LogP contribution < -0.4 is 10.5 Å². The summed E-state index contributed by atoms with van der Waals surface area (Å²) in [6.45, 7) is -0.371. The van der Waals surface area contributed by atoms with Gasteiger partial charge in [-0.1, -0.05) is 19.3 Å². The minimum Gasteiger partial charge on any atom is -0.396 e. The summed E-state index contributed by atoms with van der Waals surface area (Å²) >= 11 is 0. The lowest BCUT2D eigenvalue weighted by Gasteiger charge is -2.36.